The maximum Gasteiger partial charge on any atom is 0.305 e. The largest absolute Gasteiger partial charge is 0.469 e. The van der Waals surface area contributed by atoms with Gasteiger partial charge in [-0.05, 0) is 25.0 Å². The number of hydrogen-bond acceptors (Lipinski definition) is 4. The molecule has 1 N–H and O–H groups in total. The maximum absolute atomic E-state index is 10.8. The molecule has 0 aliphatic carbocycles. The molecular weight excluding hydrogens is 192 g/mol. The summed E-state index contributed by atoms with van der Waals surface area (Å²) < 4.78 is 4.55. The van der Waals surface area contributed by atoms with Gasteiger partial charge in [-0.2, -0.15) is 0 Å². The molecule has 0 saturated carbocycles. The summed E-state index contributed by atoms with van der Waals surface area (Å²) in [6.07, 6.45) is 5.80. The lowest BCUT2D eigenvalue weighted by Gasteiger charge is -2.04. The van der Waals surface area contributed by atoms with Crippen LogP contribution in [0.3, 0.4) is 0 Å². The molecule has 4 heteroatoms. The third-order valence-corrected chi connectivity index (χ3v) is 2.03. The number of esters is 1. The Balaban J connectivity index is 2.05. The number of nitrogens with one attached hydrogen (secondary N) is 1. The lowest BCUT2D eigenvalue weighted by molar-refractivity contribution is -0.140. The van der Waals surface area contributed by atoms with E-state index in [-0.39, 0.29) is 5.97 Å². The molecule has 1 rings (SSSR count). The van der Waals surface area contributed by atoms with E-state index in [0.29, 0.717) is 6.42 Å². The number of unbranched alkanes of at least 4 members (excludes halogenated alkanes) is 1. The van der Waals surface area contributed by atoms with Crippen LogP contribution in [-0.2, 0) is 9.53 Å². The topological polar surface area (TPSA) is 51.2 Å². The maximum atomic E-state index is 10.8. The number of carbonyl (C=O) groups excluding carboxylic acids is 1. The highest BCUT2D eigenvalue weighted by molar-refractivity contribution is 5.68. The van der Waals surface area contributed by atoms with Crippen LogP contribution in [0.1, 0.15) is 19.3 Å². The fourth-order valence-corrected chi connectivity index (χ4v) is 1.20. The van der Waals surface area contributed by atoms with Gasteiger partial charge in [0.15, 0.2) is 0 Å². The van der Waals surface area contributed by atoms with Crippen LogP contribution in [0.2, 0.25) is 0 Å². The van der Waals surface area contributed by atoms with Crippen molar-refractivity contribution < 1.29 is 9.53 Å². The van der Waals surface area contributed by atoms with Crippen molar-refractivity contribution in [1.82, 2.24) is 4.98 Å². The van der Waals surface area contributed by atoms with Crippen molar-refractivity contribution in [3.63, 3.8) is 0 Å². The molecule has 15 heavy (non-hydrogen) atoms. The van der Waals surface area contributed by atoms with Gasteiger partial charge in [0, 0.05) is 25.4 Å². The quantitative estimate of drug-likeness (QED) is 0.572. The third-order valence-electron chi connectivity index (χ3n) is 2.03. The van der Waals surface area contributed by atoms with Gasteiger partial charge in [0.1, 0.15) is 0 Å². The number of hydrogen-bond donors (Lipinski definition) is 1. The average Bonchev–Trinajstić information content (AvgIpc) is 2.29. The predicted molar refractivity (Wildman–Crippen MR) is 58.6 cm³/mol. The first-order valence-electron chi connectivity index (χ1n) is 5.03. The van der Waals surface area contributed by atoms with Gasteiger partial charge in [0.2, 0.25) is 0 Å². The zero-order chi connectivity index (χ0) is 10.9. The molecule has 0 atom stereocenters. The van der Waals surface area contributed by atoms with Gasteiger partial charge in [-0.15, -0.1) is 0 Å². The van der Waals surface area contributed by atoms with Crippen molar-refractivity contribution >= 4 is 11.7 Å². The van der Waals surface area contributed by atoms with E-state index in [1.54, 1.807) is 12.4 Å². The van der Waals surface area contributed by atoms with Crippen molar-refractivity contribution in [3.8, 4) is 0 Å². The molecule has 0 bridgehead atoms. The number of ether oxygens (including phenoxy) is 1. The third kappa shape index (κ3) is 5.00. The highest BCUT2D eigenvalue weighted by Crippen LogP contribution is 2.03. The van der Waals surface area contributed by atoms with Crippen LogP contribution in [0.5, 0.6) is 0 Å². The molecule has 0 aliphatic rings. The lowest BCUT2D eigenvalue weighted by atomic mass is 10.2. The molecule has 0 unspecified atom stereocenters. The Hall–Kier alpha value is -1.58. The molecule has 82 valence electrons. The van der Waals surface area contributed by atoms with E-state index in [4.69, 9.17) is 0 Å². The van der Waals surface area contributed by atoms with Crippen molar-refractivity contribution in [2.45, 2.75) is 19.3 Å². The molecule has 1 aromatic heterocycles. The van der Waals surface area contributed by atoms with E-state index < -0.39 is 0 Å². The smallest absolute Gasteiger partial charge is 0.305 e. The zero-order valence-corrected chi connectivity index (χ0v) is 8.90. The number of rotatable bonds is 6. The standard InChI is InChI=1S/C11H16N2O2/c1-15-11(14)6-2-3-8-13-10-5-4-7-12-9-10/h4-5,7,9,13H,2-3,6,8H2,1H3. The second-order valence-electron chi connectivity index (χ2n) is 3.20. The Kier molecular flexibility index (Phi) is 5.22. The first kappa shape index (κ1) is 11.5. The highest BCUT2D eigenvalue weighted by Gasteiger charge is 1.98. The number of aromatic nitrogens is 1. The van der Waals surface area contributed by atoms with Crippen LogP contribution in [0.25, 0.3) is 0 Å². The van der Waals surface area contributed by atoms with Crippen LogP contribution in [0.15, 0.2) is 24.5 Å². The number of methoxy groups -OCH3 is 1. The van der Waals surface area contributed by atoms with E-state index in [1.165, 1.54) is 7.11 Å². The normalized spacial score (nSPS) is 9.67. The molecule has 4 nitrogen and oxygen atoms in total. The van der Waals surface area contributed by atoms with Gasteiger partial charge >= 0.3 is 5.97 Å². The van der Waals surface area contributed by atoms with Crippen LogP contribution in [-0.4, -0.2) is 24.6 Å². The van der Waals surface area contributed by atoms with Gasteiger partial charge in [0.05, 0.1) is 12.8 Å². The molecule has 0 spiro atoms. The second kappa shape index (κ2) is 6.81. The molecule has 1 aromatic rings. The summed E-state index contributed by atoms with van der Waals surface area (Å²) in [6.45, 7) is 0.850. The summed E-state index contributed by atoms with van der Waals surface area (Å²) in [4.78, 5) is 14.8. The summed E-state index contributed by atoms with van der Waals surface area (Å²) in [5, 5.41) is 3.22. The number of pyridine rings is 1. The summed E-state index contributed by atoms with van der Waals surface area (Å²) in [5.41, 5.74) is 1.01. The highest BCUT2D eigenvalue weighted by atomic mass is 16.5. The van der Waals surface area contributed by atoms with Crippen molar-refractivity contribution in [2.75, 3.05) is 19.0 Å². The zero-order valence-electron chi connectivity index (χ0n) is 8.90. The first-order valence-corrected chi connectivity index (χ1v) is 5.03. The average molecular weight is 208 g/mol. The fraction of sp³-hybridized carbons (Fsp3) is 0.455. The molecule has 0 aliphatic heterocycles. The summed E-state index contributed by atoms with van der Waals surface area (Å²) in [6, 6.07) is 3.85. The number of anilines is 1. The molecule has 0 amide bonds. The molecule has 0 saturated heterocycles. The minimum absolute atomic E-state index is 0.142. The fourth-order valence-electron chi connectivity index (χ4n) is 1.20. The first-order chi connectivity index (χ1) is 7.33. The molecule has 0 aromatic carbocycles. The predicted octanol–water partition coefficient (Wildman–Crippen LogP) is 1.84. The SMILES string of the molecule is COC(=O)CCCCNc1cccnc1. The van der Waals surface area contributed by atoms with Crippen LogP contribution < -0.4 is 5.32 Å². The van der Waals surface area contributed by atoms with E-state index in [2.05, 4.69) is 15.0 Å². The van der Waals surface area contributed by atoms with Crippen LogP contribution in [0.4, 0.5) is 5.69 Å². The van der Waals surface area contributed by atoms with Gasteiger partial charge in [-0.1, -0.05) is 0 Å². The van der Waals surface area contributed by atoms with Crippen LogP contribution >= 0.6 is 0 Å². The Morgan fingerprint density at radius 3 is 3.07 bits per heavy atom. The molecule has 1 heterocycles. The number of nitrogens with zero attached hydrogens (tertiary/aromatic N) is 1. The summed E-state index contributed by atoms with van der Waals surface area (Å²) >= 11 is 0. The minimum Gasteiger partial charge on any atom is -0.469 e. The van der Waals surface area contributed by atoms with Crippen LogP contribution in [0, 0.1) is 0 Å². The summed E-state index contributed by atoms with van der Waals surface area (Å²) in [7, 11) is 1.41. The Morgan fingerprint density at radius 2 is 2.40 bits per heavy atom. The lowest BCUT2D eigenvalue weighted by Crippen LogP contribution is -2.04. The Morgan fingerprint density at radius 1 is 1.53 bits per heavy atom. The Labute approximate surface area is 89.7 Å². The van der Waals surface area contributed by atoms with Crippen molar-refractivity contribution in [3.05, 3.63) is 24.5 Å². The van der Waals surface area contributed by atoms with E-state index in [0.717, 1.165) is 25.1 Å². The number of carbonyl (C=O) groups is 1. The minimum atomic E-state index is -0.142. The monoisotopic (exact) mass is 208 g/mol. The second-order valence-corrected chi connectivity index (χ2v) is 3.20. The molecular formula is C11H16N2O2. The van der Waals surface area contributed by atoms with Gasteiger partial charge in [-0.3, -0.25) is 9.78 Å². The molecule has 0 radical (unpaired) electrons. The summed E-state index contributed by atoms with van der Waals surface area (Å²) in [5.74, 6) is -0.142. The van der Waals surface area contributed by atoms with Gasteiger partial charge < -0.3 is 10.1 Å². The molecule has 0 fully saturated rings. The van der Waals surface area contributed by atoms with E-state index in [9.17, 15) is 4.79 Å². The Bertz CT molecular complexity index is 288. The van der Waals surface area contributed by atoms with E-state index in [1.807, 2.05) is 12.1 Å². The van der Waals surface area contributed by atoms with Gasteiger partial charge in [0.25, 0.3) is 0 Å². The van der Waals surface area contributed by atoms with Crippen molar-refractivity contribution in [2.24, 2.45) is 0 Å². The van der Waals surface area contributed by atoms with Crippen molar-refractivity contribution in [1.29, 1.82) is 0 Å². The van der Waals surface area contributed by atoms with E-state index >= 15 is 0 Å². The van der Waals surface area contributed by atoms with Gasteiger partial charge in [-0.25, -0.2) is 0 Å².